The van der Waals surface area contributed by atoms with Gasteiger partial charge in [0.05, 0.1) is 25.7 Å². The Morgan fingerprint density at radius 1 is 0.500 bits per heavy atom. The van der Waals surface area contributed by atoms with Crippen LogP contribution in [0.2, 0.25) is 0 Å². The number of hydrogen-bond acceptors (Lipinski definition) is 4. The van der Waals surface area contributed by atoms with Crippen molar-refractivity contribution in [2.24, 2.45) is 0 Å². The zero-order valence-electron chi connectivity index (χ0n) is 8.25. The van der Waals surface area contributed by atoms with E-state index in [0.29, 0.717) is 0 Å². The van der Waals surface area contributed by atoms with Crippen LogP contribution < -0.4 is 0 Å². The fourth-order valence-electron chi connectivity index (χ4n) is 0.428. The number of carbonyl (C=O) groups is 4. The molecule has 0 heterocycles. The van der Waals surface area contributed by atoms with Crippen LogP contribution in [-0.4, -0.2) is 44.3 Å². The Kier molecular flexibility index (Phi) is 9.62. The maximum Gasteiger partial charge on any atom is 0.303 e. The summed E-state index contributed by atoms with van der Waals surface area (Å²) in [6.07, 6.45) is -1.19. The highest BCUT2D eigenvalue weighted by atomic mass is 16.4. The van der Waals surface area contributed by atoms with Gasteiger partial charge in [-0.3, -0.25) is 19.2 Å². The van der Waals surface area contributed by atoms with Gasteiger partial charge in [0.25, 0.3) is 0 Å². The van der Waals surface area contributed by atoms with Crippen molar-refractivity contribution in [2.75, 3.05) is 0 Å². The molecule has 0 unspecified atom stereocenters. The van der Waals surface area contributed by atoms with Gasteiger partial charge in [0.2, 0.25) is 0 Å². The minimum Gasteiger partial charge on any atom is -0.481 e. The molecular weight excluding hydrogens is 224 g/mol. The minimum absolute atomic E-state index is 0.296. The number of aliphatic carboxylic acids is 4. The summed E-state index contributed by atoms with van der Waals surface area (Å²) in [5.41, 5.74) is 0. The molecule has 0 spiro atoms. The predicted molar refractivity (Wildman–Crippen MR) is 49.0 cm³/mol. The summed E-state index contributed by atoms with van der Waals surface area (Å²) in [5.74, 6) is -4.31. The number of carboxylic acids is 4. The lowest BCUT2D eigenvalue weighted by atomic mass is 10.3. The van der Waals surface area contributed by atoms with E-state index in [0.717, 1.165) is 0 Å². The molecule has 8 heteroatoms. The fraction of sp³-hybridized carbons (Fsp3) is 0.500. The predicted octanol–water partition coefficient (Wildman–Crippen LogP) is -0.128. The molecule has 4 N–H and O–H groups in total. The van der Waals surface area contributed by atoms with Crippen molar-refractivity contribution in [1.82, 2.24) is 0 Å². The second kappa shape index (κ2) is 9.44. The van der Waals surface area contributed by atoms with E-state index in [1.54, 1.807) is 0 Å². The van der Waals surface area contributed by atoms with Gasteiger partial charge < -0.3 is 20.4 Å². The van der Waals surface area contributed by atoms with Crippen molar-refractivity contribution in [3.63, 3.8) is 0 Å². The first kappa shape index (κ1) is 16.3. The highest BCUT2D eigenvalue weighted by Gasteiger charge is 2.00. The molecule has 0 aromatic heterocycles. The molecule has 0 bridgehead atoms. The van der Waals surface area contributed by atoms with Gasteiger partial charge in [0.15, 0.2) is 0 Å². The SMILES string of the molecule is O=C(O)CCC(=O)O.O=C(O)CCC(=O)O. The van der Waals surface area contributed by atoms with E-state index in [4.69, 9.17) is 20.4 Å². The maximum absolute atomic E-state index is 9.64. The van der Waals surface area contributed by atoms with E-state index >= 15 is 0 Å². The van der Waals surface area contributed by atoms with Gasteiger partial charge in [0.1, 0.15) is 0 Å². The number of carboxylic acid groups (broad SMARTS) is 4. The van der Waals surface area contributed by atoms with Crippen LogP contribution in [0.5, 0.6) is 0 Å². The summed E-state index contributed by atoms with van der Waals surface area (Å²) >= 11 is 0. The molecule has 0 saturated carbocycles. The molecule has 0 fully saturated rings. The summed E-state index contributed by atoms with van der Waals surface area (Å²) in [5, 5.41) is 31.6. The van der Waals surface area contributed by atoms with Gasteiger partial charge in [-0.15, -0.1) is 0 Å². The van der Waals surface area contributed by atoms with Gasteiger partial charge in [-0.25, -0.2) is 0 Å². The maximum atomic E-state index is 9.64. The number of hydrogen-bond donors (Lipinski definition) is 4. The highest BCUT2D eigenvalue weighted by Crippen LogP contribution is 1.86. The molecule has 16 heavy (non-hydrogen) atoms. The first-order valence-electron chi connectivity index (χ1n) is 4.13. The van der Waals surface area contributed by atoms with E-state index in [1.165, 1.54) is 0 Å². The van der Waals surface area contributed by atoms with Gasteiger partial charge in [0, 0.05) is 0 Å². The monoisotopic (exact) mass is 236 g/mol. The van der Waals surface area contributed by atoms with Crippen LogP contribution in [0.15, 0.2) is 0 Å². The minimum atomic E-state index is -1.08. The van der Waals surface area contributed by atoms with Gasteiger partial charge in [-0.2, -0.15) is 0 Å². The van der Waals surface area contributed by atoms with Crippen LogP contribution in [0.25, 0.3) is 0 Å². The van der Waals surface area contributed by atoms with E-state index in [-0.39, 0.29) is 25.7 Å². The van der Waals surface area contributed by atoms with Crippen LogP contribution in [0, 0.1) is 0 Å². The quantitative estimate of drug-likeness (QED) is 0.498. The molecule has 8 nitrogen and oxygen atoms in total. The first-order chi connectivity index (χ1) is 7.25. The molecule has 0 aliphatic rings. The van der Waals surface area contributed by atoms with Crippen LogP contribution in [0.3, 0.4) is 0 Å². The highest BCUT2D eigenvalue weighted by molar-refractivity contribution is 5.75. The molecular formula is C8H12O8. The lowest BCUT2D eigenvalue weighted by Crippen LogP contribution is -2.00. The van der Waals surface area contributed by atoms with Crippen molar-refractivity contribution in [1.29, 1.82) is 0 Å². The van der Waals surface area contributed by atoms with Crippen LogP contribution >= 0.6 is 0 Å². The molecule has 92 valence electrons. The van der Waals surface area contributed by atoms with Gasteiger partial charge >= 0.3 is 23.9 Å². The Morgan fingerprint density at radius 3 is 0.688 bits per heavy atom. The summed E-state index contributed by atoms with van der Waals surface area (Å²) in [6.45, 7) is 0. The fourth-order valence-corrected chi connectivity index (χ4v) is 0.428. The average molecular weight is 236 g/mol. The molecule has 0 radical (unpaired) electrons. The van der Waals surface area contributed by atoms with Gasteiger partial charge in [-0.05, 0) is 0 Å². The molecule has 0 rings (SSSR count). The topological polar surface area (TPSA) is 149 Å². The van der Waals surface area contributed by atoms with E-state index in [2.05, 4.69) is 0 Å². The van der Waals surface area contributed by atoms with Crippen molar-refractivity contribution >= 4 is 23.9 Å². The second-order valence-corrected chi connectivity index (χ2v) is 2.57. The molecule has 0 atom stereocenters. The summed E-state index contributed by atoms with van der Waals surface area (Å²) < 4.78 is 0. The average Bonchev–Trinajstić information content (AvgIpc) is 2.12. The third-order valence-corrected chi connectivity index (χ3v) is 1.11. The van der Waals surface area contributed by atoms with E-state index in [9.17, 15) is 19.2 Å². The molecule has 0 aliphatic carbocycles. The van der Waals surface area contributed by atoms with Crippen LogP contribution in [0.1, 0.15) is 25.7 Å². The van der Waals surface area contributed by atoms with Crippen LogP contribution in [-0.2, 0) is 19.2 Å². The third kappa shape index (κ3) is 22.6. The Labute approximate surface area is 90.1 Å². The zero-order chi connectivity index (χ0) is 13.1. The molecule has 0 saturated heterocycles. The second-order valence-electron chi connectivity index (χ2n) is 2.57. The molecule has 0 amide bonds. The Balaban J connectivity index is 0. The Hall–Kier alpha value is -2.12. The standard InChI is InChI=1S/2C4H6O4/c2*5-3(6)1-2-4(7)8/h2*1-2H2,(H,5,6)(H,7,8). The lowest BCUT2D eigenvalue weighted by Gasteiger charge is -1.85. The molecule has 0 aromatic rings. The Bertz CT molecular complexity index is 213. The summed E-state index contributed by atoms with van der Waals surface area (Å²) in [4.78, 5) is 38.6. The number of rotatable bonds is 6. The van der Waals surface area contributed by atoms with Crippen molar-refractivity contribution < 1.29 is 39.6 Å². The summed E-state index contributed by atoms with van der Waals surface area (Å²) in [7, 11) is 0. The summed E-state index contributed by atoms with van der Waals surface area (Å²) in [6, 6.07) is 0. The van der Waals surface area contributed by atoms with Crippen molar-refractivity contribution in [2.45, 2.75) is 25.7 Å². The largest absolute Gasteiger partial charge is 0.481 e. The van der Waals surface area contributed by atoms with Crippen LogP contribution in [0.4, 0.5) is 0 Å². The van der Waals surface area contributed by atoms with Crippen molar-refractivity contribution in [3.05, 3.63) is 0 Å². The Morgan fingerprint density at radius 2 is 0.625 bits per heavy atom. The van der Waals surface area contributed by atoms with Gasteiger partial charge in [-0.1, -0.05) is 0 Å². The smallest absolute Gasteiger partial charge is 0.303 e. The van der Waals surface area contributed by atoms with Crippen molar-refractivity contribution in [3.8, 4) is 0 Å². The third-order valence-electron chi connectivity index (χ3n) is 1.11. The first-order valence-corrected chi connectivity index (χ1v) is 4.13. The van der Waals surface area contributed by atoms with E-state index in [1.807, 2.05) is 0 Å². The molecule has 0 aliphatic heterocycles. The normalized spacial score (nSPS) is 8.50. The lowest BCUT2D eigenvalue weighted by molar-refractivity contribution is -0.143. The molecule has 0 aromatic carbocycles. The zero-order valence-corrected chi connectivity index (χ0v) is 8.25. The van der Waals surface area contributed by atoms with E-state index < -0.39 is 23.9 Å².